The molecule has 2 heterocycles. The number of guanidine groups is 1. The zero-order valence-electron chi connectivity index (χ0n) is 18.7. The van der Waals surface area contributed by atoms with E-state index in [1.165, 1.54) is 5.56 Å². The summed E-state index contributed by atoms with van der Waals surface area (Å²) in [6.45, 7) is 12.2. The molecule has 2 aliphatic rings. The summed E-state index contributed by atoms with van der Waals surface area (Å²) < 4.78 is 5.66. The molecule has 1 amide bonds. The summed E-state index contributed by atoms with van der Waals surface area (Å²) >= 11 is 0. The molecule has 1 atom stereocenters. The Balaban J connectivity index is 1.70. The molecule has 0 saturated carbocycles. The van der Waals surface area contributed by atoms with Crippen LogP contribution < -0.4 is 10.6 Å². The summed E-state index contributed by atoms with van der Waals surface area (Å²) in [6, 6.07) is 10.8. The standard InChI is InChI=1S/C23H37N5O2/c1-4-24-22(28-14-12-27(13-15-28)20(3)29)25-18-23(10-16-30-17-11-23)26-19(2)21-8-6-5-7-9-21/h5-9,19,26H,4,10-18H2,1-3H3,(H,24,25). The zero-order valence-corrected chi connectivity index (χ0v) is 18.7. The number of hydrogen-bond donors (Lipinski definition) is 2. The number of nitrogens with zero attached hydrogens (tertiary/aromatic N) is 3. The first-order valence-corrected chi connectivity index (χ1v) is 11.2. The van der Waals surface area contributed by atoms with Crippen LogP contribution in [0, 0.1) is 0 Å². The normalized spacial score (nSPS) is 20.7. The molecule has 0 aliphatic carbocycles. The number of rotatable bonds is 6. The first-order chi connectivity index (χ1) is 14.5. The highest BCUT2D eigenvalue weighted by Crippen LogP contribution is 2.26. The Hall–Kier alpha value is -2.12. The van der Waals surface area contributed by atoms with Gasteiger partial charge in [0, 0.05) is 64.4 Å². The Labute approximate surface area is 180 Å². The second-order valence-corrected chi connectivity index (χ2v) is 8.33. The molecule has 3 rings (SSSR count). The number of ether oxygens (including phenoxy) is 1. The number of piperazine rings is 1. The minimum Gasteiger partial charge on any atom is -0.381 e. The van der Waals surface area contributed by atoms with E-state index in [1.807, 2.05) is 4.90 Å². The third-order valence-corrected chi connectivity index (χ3v) is 6.16. The molecule has 0 radical (unpaired) electrons. The number of carbonyl (C=O) groups is 1. The highest BCUT2D eigenvalue weighted by atomic mass is 16.5. The molecule has 7 heteroatoms. The lowest BCUT2D eigenvalue weighted by Crippen LogP contribution is -2.55. The van der Waals surface area contributed by atoms with Gasteiger partial charge in [0.15, 0.2) is 5.96 Å². The molecule has 1 aromatic carbocycles. The average Bonchev–Trinajstić information content (AvgIpc) is 2.78. The zero-order chi connectivity index (χ0) is 21.4. The van der Waals surface area contributed by atoms with Gasteiger partial charge >= 0.3 is 0 Å². The van der Waals surface area contributed by atoms with Crippen LogP contribution in [0.5, 0.6) is 0 Å². The minimum atomic E-state index is -0.0740. The van der Waals surface area contributed by atoms with E-state index in [0.717, 1.165) is 64.7 Å². The number of nitrogens with one attached hydrogen (secondary N) is 2. The van der Waals surface area contributed by atoms with E-state index in [1.54, 1.807) is 6.92 Å². The van der Waals surface area contributed by atoms with Crippen molar-refractivity contribution in [2.24, 2.45) is 4.99 Å². The average molecular weight is 416 g/mol. The molecular weight excluding hydrogens is 378 g/mol. The molecule has 0 spiro atoms. The van der Waals surface area contributed by atoms with E-state index in [2.05, 4.69) is 59.7 Å². The van der Waals surface area contributed by atoms with E-state index >= 15 is 0 Å². The third-order valence-electron chi connectivity index (χ3n) is 6.16. The fourth-order valence-electron chi connectivity index (χ4n) is 4.28. The number of hydrogen-bond acceptors (Lipinski definition) is 4. The molecular formula is C23H37N5O2. The molecule has 2 N–H and O–H groups in total. The lowest BCUT2D eigenvalue weighted by molar-refractivity contribution is -0.130. The van der Waals surface area contributed by atoms with Crippen LogP contribution in [0.4, 0.5) is 0 Å². The quantitative estimate of drug-likeness (QED) is 0.550. The maximum absolute atomic E-state index is 11.6. The van der Waals surface area contributed by atoms with Gasteiger partial charge < -0.3 is 25.2 Å². The molecule has 1 aromatic rings. The van der Waals surface area contributed by atoms with Crippen molar-refractivity contribution in [1.29, 1.82) is 0 Å². The van der Waals surface area contributed by atoms with E-state index in [0.29, 0.717) is 6.54 Å². The Morgan fingerprint density at radius 1 is 1.13 bits per heavy atom. The topological polar surface area (TPSA) is 69.2 Å². The maximum Gasteiger partial charge on any atom is 0.219 e. The Morgan fingerprint density at radius 2 is 1.77 bits per heavy atom. The SMILES string of the molecule is CCNC(=NCC1(NC(C)c2ccccc2)CCOCC1)N1CCN(C(C)=O)CC1. The fourth-order valence-corrected chi connectivity index (χ4v) is 4.28. The van der Waals surface area contributed by atoms with Crippen molar-refractivity contribution in [3.8, 4) is 0 Å². The molecule has 166 valence electrons. The predicted molar refractivity (Wildman–Crippen MR) is 121 cm³/mol. The summed E-state index contributed by atoms with van der Waals surface area (Å²) in [5.41, 5.74) is 1.22. The van der Waals surface area contributed by atoms with Crippen molar-refractivity contribution in [3.63, 3.8) is 0 Å². The third kappa shape index (κ3) is 5.95. The Kier molecular flexibility index (Phi) is 8.10. The number of carbonyl (C=O) groups excluding carboxylic acids is 1. The number of amides is 1. The highest BCUT2D eigenvalue weighted by Gasteiger charge is 2.34. The highest BCUT2D eigenvalue weighted by molar-refractivity contribution is 5.80. The lowest BCUT2D eigenvalue weighted by atomic mass is 9.88. The smallest absolute Gasteiger partial charge is 0.219 e. The van der Waals surface area contributed by atoms with Crippen LogP contribution in [0.15, 0.2) is 35.3 Å². The monoisotopic (exact) mass is 415 g/mol. The van der Waals surface area contributed by atoms with Gasteiger partial charge in [0.2, 0.25) is 5.91 Å². The minimum absolute atomic E-state index is 0.0740. The molecule has 1 unspecified atom stereocenters. The van der Waals surface area contributed by atoms with Gasteiger partial charge in [-0.25, -0.2) is 0 Å². The first kappa shape index (κ1) is 22.6. The summed E-state index contributed by atoms with van der Waals surface area (Å²) in [6.07, 6.45) is 1.90. The van der Waals surface area contributed by atoms with Crippen molar-refractivity contribution in [1.82, 2.24) is 20.4 Å². The molecule has 30 heavy (non-hydrogen) atoms. The van der Waals surface area contributed by atoms with Crippen LogP contribution in [0.25, 0.3) is 0 Å². The van der Waals surface area contributed by atoms with Crippen LogP contribution in [0.3, 0.4) is 0 Å². The van der Waals surface area contributed by atoms with E-state index in [-0.39, 0.29) is 17.5 Å². The van der Waals surface area contributed by atoms with Gasteiger partial charge in [-0.05, 0) is 32.3 Å². The molecule has 2 saturated heterocycles. The number of benzene rings is 1. The molecule has 2 fully saturated rings. The van der Waals surface area contributed by atoms with Gasteiger partial charge in [-0.15, -0.1) is 0 Å². The summed E-state index contributed by atoms with van der Waals surface area (Å²) in [5, 5.41) is 7.34. The van der Waals surface area contributed by atoms with E-state index < -0.39 is 0 Å². The van der Waals surface area contributed by atoms with Crippen molar-refractivity contribution in [3.05, 3.63) is 35.9 Å². The van der Waals surface area contributed by atoms with Crippen LogP contribution in [-0.2, 0) is 9.53 Å². The van der Waals surface area contributed by atoms with E-state index in [4.69, 9.17) is 9.73 Å². The van der Waals surface area contributed by atoms with Gasteiger partial charge in [-0.1, -0.05) is 30.3 Å². The van der Waals surface area contributed by atoms with Crippen LogP contribution in [-0.4, -0.2) is 79.7 Å². The first-order valence-electron chi connectivity index (χ1n) is 11.2. The molecule has 7 nitrogen and oxygen atoms in total. The molecule has 0 bridgehead atoms. The number of aliphatic imine (C=N–C) groups is 1. The molecule has 2 aliphatic heterocycles. The van der Waals surface area contributed by atoms with Gasteiger partial charge in [0.25, 0.3) is 0 Å². The summed E-state index contributed by atoms with van der Waals surface area (Å²) in [5.74, 6) is 1.09. The van der Waals surface area contributed by atoms with Gasteiger partial charge in [-0.3, -0.25) is 9.79 Å². The van der Waals surface area contributed by atoms with Crippen molar-refractivity contribution in [2.75, 3.05) is 52.5 Å². The fraction of sp³-hybridized carbons (Fsp3) is 0.652. The van der Waals surface area contributed by atoms with E-state index in [9.17, 15) is 4.79 Å². The van der Waals surface area contributed by atoms with Crippen molar-refractivity contribution < 1.29 is 9.53 Å². The Morgan fingerprint density at radius 3 is 2.37 bits per heavy atom. The maximum atomic E-state index is 11.6. The second kappa shape index (κ2) is 10.8. The Bertz CT molecular complexity index is 695. The van der Waals surface area contributed by atoms with Crippen LogP contribution in [0.1, 0.15) is 45.2 Å². The van der Waals surface area contributed by atoms with Gasteiger partial charge in [0.05, 0.1) is 6.54 Å². The summed E-state index contributed by atoms with van der Waals surface area (Å²) in [4.78, 5) is 20.9. The van der Waals surface area contributed by atoms with Crippen molar-refractivity contribution in [2.45, 2.75) is 45.2 Å². The second-order valence-electron chi connectivity index (χ2n) is 8.33. The largest absolute Gasteiger partial charge is 0.381 e. The predicted octanol–water partition coefficient (Wildman–Crippen LogP) is 2.02. The molecule has 0 aromatic heterocycles. The summed E-state index contributed by atoms with van der Waals surface area (Å²) in [7, 11) is 0. The van der Waals surface area contributed by atoms with Gasteiger partial charge in [-0.2, -0.15) is 0 Å². The van der Waals surface area contributed by atoms with Gasteiger partial charge in [0.1, 0.15) is 0 Å². The van der Waals surface area contributed by atoms with Crippen LogP contribution >= 0.6 is 0 Å². The van der Waals surface area contributed by atoms with Crippen LogP contribution in [0.2, 0.25) is 0 Å². The van der Waals surface area contributed by atoms with Crippen molar-refractivity contribution >= 4 is 11.9 Å². The lowest BCUT2D eigenvalue weighted by Gasteiger charge is -2.40.